The Balaban J connectivity index is 1.13. The van der Waals surface area contributed by atoms with Crippen LogP contribution >= 0.6 is 0 Å². The molecular weight excluding hydrogens is 1090 g/mol. The van der Waals surface area contributed by atoms with Crippen molar-refractivity contribution in [1.29, 1.82) is 0 Å². The molecule has 6 rings (SSSR count). The third kappa shape index (κ3) is 16.4. The van der Waals surface area contributed by atoms with E-state index in [4.69, 9.17) is 40.1 Å². The first kappa shape index (κ1) is 65.6. The van der Waals surface area contributed by atoms with Crippen molar-refractivity contribution in [1.82, 2.24) is 45.3 Å². The Hall–Kier alpha value is -7.53. The van der Waals surface area contributed by atoms with Gasteiger partial charge >= 0.3 is 5.97 Å². The third-order valence-corrected chi connectivity index (χ3v) is 17.1. The van der Waals surface area contributed by atoms with Crippen molar-refractivity contribution < 1.29 is 53.1 Å². The third-order valence-electron chi connectivity index (χ3n) is 17.1. The number of carboxylic acids is 1. The van der Waals surface area contributed by atoms with Crippen molar-refractivity contribution in [3.8, 4) is 0 Å². The Morgan fingerprint density at radius 2 is 0.810 bits per heavy atom. The minimum absolute atomic E-state index is 0.0256. The summed E-state index contributed by atoms with van der Waals surface area (Å²) in [6, 6.07) is -10.1. The topological polar surface area (TPSA) is 466 Å². The summed E-state index contributed by atoms with van der Waals surface area (Å²) in [5, 5.41) is 17.9. The zero-order valence-corrected chi connectivity index (χ0v) is 48.9. The van der Waals surface area contributed by atoms with Gasteiger partial charge in [-0.05, 0) is 121 Å². The molecule has 0 bridgehead atoms. The maximum atomic E-state index is 14.9. The number of nitrogens with zero attached hydrogens (tertiary/aromatic N) is 9. The van der Waals surface area contributed by atoms with Crippen molar-refractivity contribution in [3.05, 3.63) is 0 Å². The van der Waals surface area contributed by atoms with Crippen LogP contribution in [0.5, 0.6) is 0 Å². The standard InChI is InChI=1S/C54H91N19O11/c1-30(2)40(55)49(81)71-27-10-17-37(71)47(79)69-25-8-16-36(69)46(78)70-26-9-19-39(70)48(80)73-29-20-31(3)41(73)50(82)72-28-11-18-38(72)45(77)68-24-7-15-35(68)44(76)66-33(13-5-22-63-53(58)59)42(74)65-32(12-4-21-62-52(56)57)43(75)67-34(51(83)84)14-6-23-64-54(60)61/h30-41H,4-29,55H2,1-3H3,(H,65,74)(H,66,76)(H,67,75)(H,83,84)(H4,56,57,62)(H4,58,59,63)(H4,60,61,64)/t31?,32-,33-,34-,35-,36-,37-,38-,39-,40-,41-/m0/s1. The minimum Gasteiger partial charge on any atom is -0.480 e. The molecule has 0 aliphatic carbocycles. The molecule has 6 saturated heterocycles. The Morgan fingerprint density at radius 1 is 0.464 bits per heavy atom. The van der Waals surface area contributed by atoms with E-state index in [0.29, 0.717) is 83.8 Å². The number of nitrogens with one attached hydrogen (secondary N) is 3. The van der Waals surface area contributed by atoms with Gasteiger partial charge in [-0.3, -0.25) is 58.1 Å². The molecule has 0 saturated carbocycles. The van der Waals surface area contributed by atoms with Gasteiger partial charge in [0.1, 0.15) is 54.4 Å². The van der Waals surface area contributed by atoms with Crippen molar-refractivity contribution in [2.24, 2.45) is 66.9 Å². The lowest BCUT2D eigenvalue weighted by atomic mass is 10.00. The molecule has 6 aliphatic heterocycles. The zero-order valence-electron chi connectivity index (χ0n) is 48.9. The highest BCUT2D eigenvalue weighted by molar-refractivity contribution is 5.99. The van der Waals surface area contributed by atoms with Crippen LogP contribution in [-0.2, 0) is 47.9 Å². The van der Waals surface area contributed by atoms with E-state index in [1.807, 2.05) is 20.8 Å². The lowest BCUT2D eigenvalue weighted by Crippen LogP contribution is -2.60. The van der Waals surface area contributed by atoms with E-state index in [-0.39, 0.29) is 138 Å². The lowest BCUT2D eigenvalue weighted by Gasteiger charge is -2.37. The molecule has 1 unspecified atom stereocenters. The molecule has 468 valence electrons. The minimum atomic E-state index is -1.38. The summed E-state index contributed by atoms with van der Waals surface area (Å²) in [4.78, 5) is 162. The predicted molar refractivity (Wildman–Crippen MR) is 309 cm³/mol. The first-order chi connectivity index (χ1) is 39.9. The van der Waals surface area contributed by atoms with Gasteiger partial charge in [0.15, 0.2) is 17.9 Å². The number of nitrogens with two attached hydrogens (primary N) is 7. The summed E-state index contributed by atoms with van der Waals surface area (Å²) >= 11 is 0. The van der Waals surface area contributed by atoms with E-state index < -0.39 is 95.9 Å². The van der Waals surface area contributed by atoms with Gasteiger partial charge in [0.05, 0.1) is 6.04 Å². The predicted octanol–water partition coefficient (Wildman–Crippen LogP) is -4.14. The molecule has 0 spiro atoms. The Bertz CT molecular complexity index is 2500. The maximum Gasteiger partial charge on any atom is 0.326 e. The summed E-state index contributed by atoms with van der Waals surface area (Å²) < 4.78 is 0. The molecule has 30 heteroatoms. The van der Waals surface area contributed by atoms with Gasteiger partial charge in [-0.1, -0.05) is 20.8 Å². The SMILES string of the molecule is CC(C)[C@H](N)C(=O)N1CCC[C@H]1C(=O)N1CCC[C@H]1C(=O)N1CCC[C@H]1C(=O)N1CCC(C)[C@H]1C(=O)N1CCC[C@H]1C(=O)N1CCC[C@H]1C(=O)N[C@@H](CCCN=C(N)N)C(=O)N[C@@H](CCCN=C(N)N)C(=O)N[C@@H](CCCN=C(N)N)C(=O)O. The Labute approximate surface area is 490 Å². The number of hydrogen-bond donors (Lipinski definition) is 11. The second-order valence-electron chi connectivity index (χ2n) is 23.3. The molecule has 30 nitrogen and oxygen atoms in total. The molecule has 0 radical (unpaired) electrons. The summed E-state index contributed by atoms with van der Waals surface area (Å²) in [6.07, 6.45) is 5.38. The van der Waals surface area contributed by atoms with E-state index >= 15 is 0 Å². The number of aliphatic carboxylic acids is 1. The van der Waals surface area contributed by atoms with Gasteiger partial charge in [0.25, 0.3) is 0 Å². The van der Waals surface area contributed by atoms with Crippen LogP contribution in [0.2, 0.25) is 0 Å². The fourth-order valence-electron chi connectivity index (χ4n) is 12.6. The molecule has 18 N–H and O–H groups in total. The number of aliphatic imine (C=N–C) groups is 3. The monoisotopic (exact) mass is 1180 g/mol. The summed E-state index contributed by atoms with van der Waals surface area (Å²) in [5.74, 6) is -6.79. The van der Waals surface area contributed by atoms with Gasteiger partial charge in [0, 0.05) is 58.9 Å². The summed E-state index contributed by atoms with van der Waals surface area (Å²) in [5.41, 5.74) is 39.1. The number of carbonyl (C=O) groups is 10. The lowest BCUT2D eigenvalue weighted by molar-refractivity contribution is -0.155. The number of likely N-dealkylation sites (tertiary alicyclic amines) is 6. The number of rotatable bonds is 26. The van der Waals surface area contributed by atoms with E-state index in [0.717, 1.165) is 0 Å². The van der Waals surface area contributed by atoms with Crippen molar-refractivity contribution in [3.63, 3.8) is 0 Å². The number of carbonyl (C=O) groups excluding carboxylic acids is 9. The van der Waals surface area contributed by atoms with E-state index in [1.54, 1.807) is 19.6 Å². The van der Waals surface area contributed by atoms with E-state index in [1.165, 1.54) is 9.80 Å². The molecule has 0 aromatic heterocycles. The smallest absolute Gasteiger partial charge is 0.326 e. The summed E-state index contributed by atoms with van der Waals surface area (Å²) in [6.45, 7) is 7.52. The quantitative estimate of drug-likeness (QED) is 0.0223. The molecule has 6 fully saturated rings. The average Bonchev–Trinajstić information content (AvgIpc) is 2.61. The molecular formula is C54H91N19O11. The fraction of sp³-hybridized carbons (Fsp3) is 0.759. The van der Waals surface area contributed by atoms with Gasteiger partial charge in [-0.15, -0.1) is 0 Å². The molecule has 11 atom stereocenters. The average molecular weight is 1180 g/mol. The highest BCUT2D eigenvalue weighted by Crippen LogP contribution is 2.35. The number of carboxylic acid groups (broad SMARTS) is 1. The first-order valence-electron chi connectivity index (χ1n) is 29.8. The molecule has 0 aromatic rings. The van der Waals surface area contributed by atoms with Crippen molar-refractivity contribution in [2.45, 2.75) is 190 Å². The second kappa shape index (κ2) is 30.3. The number of guanidine groups is 3. The molecule has 0 aromatic carbocycles. The highest BCUT2D eigenvalue weighted by atomic mass is 16.4. The largest absolute Gasteiger partial charge is 0.480 e. The van der Waals surface area contributed by atoms with E-state index in [2.05, 4.69) is 30.9 Å². The van der Waals surface area contributed by atoms with Crippen molar-refractivity contribution in [2.75, 3.05) is 58.9 Å². The van der Waals surface area contributed by atoms with Crippen LogP contribution in [0.4, 0.5) is 0 Å². The summed E-state index contributed by atoms with van der Waals surface area (Å²) in [7, 11) is 0. The van der Waals surface area contributed by atoms with E-state index in [9.17, 15) is 53.1 Å². The number of hydrogen-bond acceptors (Lipinski definition) is 14. The Kier molecular flexibility index (Phi) is 23.7. The van der Waals surface area contributed by atoms with Gasteiger partial charge in [0.2, 0.25) is 53.2 Å². The number of amides is 9. The second-order valence-corrected chi connectivity index (χ2v) is 23.3. The molecule has 6 aliphatic rings. The van der Waals surface area contributed by atoms with Crippen LogP contribution < -0.4 is 56.1 Å². The van der Waals surface area contributed by atoms with Crippen LogP contribution in [0.3, 0.4) is 0 Å². The molecule has 84 heavy (non-hydrogen) atoms. The zero-order chi connectivity index (χ0) is 61.5. The fourth-order valence-corrected chi connectivity index (χ4v) is 12.6. The van der Waals surface area contributed by atoms with Crippen LogP contribution in [0.15, 0.2) is 15.0 Å². The van der Waals surface area contributed by atoms with Crippen LogP contribution in [0.25, 0.3) is 0 Å². The van der Waals surface area contributed by atoms with Crippen molar-refractivity contribution >= 4 is 77.0 Å². The maximum absolute atomic E-state index is 14.9. The normalized spacial score (nSPS) is 24.5. The Morgan fingerprint density at radius 3 is 1.23 bits per heavy atom. The van der Waals surface area contributed by atoms with Gasteiger partial charge < -0.3 is 90.6 Å². The van der Waals surface area contributed by atoms with Crippen LogP contribution in [0, 0.1) is 11.8 Å². The van der Waals surface area contributed by atoms with Crippen LogP contribution in [-0.4, -0.2) is 231 Å². The van der Waals surface area contributed by atoms with Gasteiger partial charge in [-0.2, -0.15) is 0 Å². The van der Waals surface area contributed by atoms with Crippen LogP contribution in [0.1, 0.15) is 130 Å². The first-order valence-corrected chi connectivity index (χ1v) is 29.8. The molecule has 6 heterocycles. The molecule has 9 amide bonds. The highest BCUT2D eigenvalue weighted by Gasteiger charge is 2.52. The van der Waals surface area contributed by atoms with Gasteiger partial charge in [-0.25, -0.2) is 4.79 Å².